The summed E-state index contributed by atoms with van der Waals surface area (Å²) in [4.78, 5) is 29.3. The molecule has 136 valence electrons. The van der Waals surface area contributed by atoms with Crippen LogP contribution in [0.25, 0.3) is 0 Å². The number of piperidine rings is 1. The van der Waals surface area contributed by atoms with Gasteiger partial charge in [0.1, 0.15) is 17.5 Å². The average Bonchev–Trinajstić information content (AvgIpc) is 2.64. The van der Waals surface area contributed by atoms with Crippen molar-refractivity contribution >= 4 is 17.6 Å². The first-order chi connectivity index (χ1) is 12.5. The third-order valence-electron chi connectivity index (χ3n) is 4.25. The van der Waals surface area contributed by atoms with Crippen molar-refractivity contribution in [3.8, 4) is 5.75 Å². The molecule has 2 aromatic rings. The Morgan fingerprint density at radius 1 is 1.27 bits per heavy atom. The quantitative estimate of drug-likeness (QED) is 0.882. The summed E-state index contributed by atoms with van der Waals surface area (Å²) in [6, 6.07) is 10.7. The largest absolute Gasteiger partial charge is 0.488 e. The van der Waals surface area contributed by atoms with Crippen molar-refractivity contribution in [1.82, 2.24) is 9.88 Å². The van der Waals surface area contributed by atoms with Crippen LogP contribution in [-0.4, -0.2) is 41.0 Å². The number of aryl methyl sites for hydroxylation is 1. The second-order valence-corrected chi connectivity index (χ2v) is 6.37. The first kappa shape index (κ1) is 17.7. The van der Waals surface area contributed by atoms with Gasteiger partial charge in [0.15, 0.2) is 0 Å². The minimum atomic E-state index is -0.599. The van der Waals surface area contributed by atoms with Gasteiger partial charge in [0, 0.05) is 24.5 Å². The highest BCUT2D eigenvalue weighted by atomic mass is 16.5. The Kier molecular flexibility index (Phi) is 5.36. The SMILES string of the molecule is Cc1ccc(NC(=O)N2CCCC(Oc3ccnc(C(N)=O)c3)C2)cc1. The Hall–Kier alpha value is -3.09. The minimum Gasteiger partial charge on any atom is -0.488 e. The number of pyridine rings is 1. The van der Waals surface area contributed by atoms with E-state index in [9.17, 15) is 9.59 Å². The van der Waals surface area contributed by atoms with Crippen LogP contribution in [0, 0.1) is 6.92 Å². The standard InChI is InChI=1S/C19H22N4O3/c1-13-4-6-14(7-5-13)22-19(25)23-10-2-3-16(12-23)26-15-8-9-21-17(11-15)18(20)24/h4-9,11,16H,2-3,10,12H2,1H3,(H2,20,24)(H,22,25). The van der Waals surface area contributed by atoms with Gasteiger partial charge in [-0.15, -0.1) is 0 Å². The van der Waals surface area contributed by atoms with E-state index in [0.29, 0.717) is 18.8 Å². The Labute approximate surface area is 152 Å². The average molecular weight is 354 g/mol. The Morgan fingerprint density at radius 2 is 2.04 bits per heavy atom. The number of likely N-dealkylation sites (tertiary alicyclic amines) is 1. The van der Waals surface area contributed by atoms with Crippen LogP contribution in [-0.2, 0) is 0 Å². The first-order valence-corrected chi connectivity index (χ1v) is 8.56. The third kappa shape index (κ3) is 4.50. The Morgan fingerprint density at radius 3 is 2.77 bits per heavy atom. The summed E-state index contributed by atoms with van der Waals surface area (Å²) in [7, 11) is 0. The normalized spacial score (nSPS) is 16.8. The molecule has 1 aliphatic rings. The number of carbonyl (C=O) groups is 2. The van der Waals surface area contributed by atoms with Gasteiger partial charge >= 0.3 is 6.03 Å². The van der Waals surface area contributed by atoms with Crippen LogP contribution in [0.4, 0.5) is 10.5 Å². The molecule has 1 fully saturated rings. The number of ether oxygens (including phenoxy) is 1. The van der Waals surface area contributed by atoms with E-state index in [1.54, 1.807) is 11.0 Å². The molecule has 7 nitrogen and oxygen atoms in total. The Bertz CT molecular complexity index is 792. The van der Waals surface area contributed by atoms with Crippen molar-refractivity contribution in [3.05, 3.63) is 53.9 Å². The van der Waals surface area contributed by atoms with Crippen LogP contribution >= 0.6 is 0 Å². The van der Waals surface area contributed by atoms with Gasteiger partial charge in [-0.3, -0.25) is 9.78 Å². The van der Waals surface area contributed by atoms with Gasteiger partial charge < -0.3 is 20.7 Å². The van der Waals surface area contributed by atoms with Gasteiger partial charge in [-0.2, -0.15) is 0 Å². The molecule has 3 amide bonds. The van der Waals surface area contributed by atoms with Crippen LogP contribution < -0.4 is 15.8 Å². The number of amides is 3. The number of nitrogens with zero attached hydrogens (tertiary/aromatic N) is 2. The molecule has 0 saturated carbocycles. The number of hydrogen-bond donors (Lipinski definition) is 2. The summed E-state index contributed by atoms with van der Waals surface area (Å²) in [5.41, 5.74) is 7.31. The zero-order valence-electron chi connectivity index (χ0n) is 14.6. The molecule has 1 saturated heterocycles. The fraction of sp³-hybridized carbons (Fsp3) is 0.316. The summed E-state index contributed by atoms with van der Waals surface area (Å²) >= 11 is 0. The number of nitrogens with one attached hydrogen (secondary N) is 1. The smallest absolute Gasteiger partial charge is 0.321 e. The molecule has 7 heteroatoms. The fourth-order valence-corrected chi connectivity index (χ4v) is 2.87. The zero-order chi connectivity index (χ0) is 18.5. The molecule has 2 heterocycles. The highest BCUT2D eigenvalue weighted by Crippen LogP contribution is 2.20. The van der Waals surface area contributed by atoms with Crippen molar-refractivity contribution in [2.45, 2.75) is 25.9 Å². The summed E-state index contributed by atoms with van der Waals surface area (Å²) < 4.78 is 5.92. The van der Waals surface area contributed by atoms with E-state index in [0.717, 1.165) is 24.1 Å². The molecule has 0 bridgehead atoms. The summed E-state index contributed by atoms with van der Waals surface area (Å²) in [6.07, 6.45) is 3.03. The van der Waals surface area contributed by atoms with E-state index in [-0.39, 0.29) is 17.8 Å². The molecule has 3 rings (SSSR count). The molecule has 1 aromatic heterocycles. The van der Waals surface area contributed by atoms with E-state index >= 15 is 0 Å². The molecule has 1 unspecified atom stereocenters. The maximum absolute atomic E-state index is 12.5. The van der Waals surface area contributed by atoms with Crippen LogP contribution in [0.15, 0.2) is 42.6 Å². The van der Waals surface area contributed by atoms with Crippen LogP contribution in [0.5, 0.6) is 5.75 Å². The maximum atomic E-state index is 12.5. The van der Waals surface area contributed by atoms with Crippen molar-refractivity contribution in [2.75, 3.05) is 18.4 Å². The van der Waals surface area contributed by atoms with E-state index < -0.39 is 5.91 Å². The number of urea groups is 1. The van der Waals surface area contributed by atoms with Gasteiger partial charge in [-0.05, 0) is 38.0 Å². The second-order valence-electron chi connectivity index (χ2n) is 6.37. The fourth-order valence-electron chi connectivity index (χ4n) is 2.87. The molecule has 3 N–H and O–H groups in total. The maximum Gasteiger partial charge on any atom is 0.321 e. The zero-order valence-corrected chi connectivity index (χ0v) is 14.6. The number of hydrogen-bond acceptors (Lipinski definition) is 4. The number of primary amides is 1. The van der Waals surface area contributed by atoms with E-state index in [1.807, 2.05) is 31.2 Å². The van der Waals surface area contributed by atoms with Crippen molar-refractivity contribution in [2.24, 2.45) is 5.73 Å². The van der Waals surface area contributed by atoms with Crippen LogP contribution in [0.2, 0.25) is 0 Å². The summed E-state index contributed by atoms with van der Waals surface area (Å²) in [6.45, 7) is 3.16. The van der Waals surface area contributed by atoms with Crippen molar-refractivity contribution < 1.29 is 14.3 Å². The van der Waals surface area contributed by atoms with Crippen LogP contribution in [0.3, 0.4) is 0 Å². The third-order valence-corrected chi connectivity index (χ3v) is 4.25. The topological polar surface area (TPSA) is 97.6 Å². The highest BCUT2D eigenvalue weighted by Gasteiger charge is 2.25. The lowest BCUT2D eigenvalue weighted by atomic mass is 10.1. The number of rotatable bonds is 4. The lowest BCUT2D eigenvalue weighted by Crippen LogP contribution is -2.46. The predicted octanol–water partition coefficient (Wildman–Crippen LogP) is 2.56. The van der Waals surface area contributed by atoms with Gasteiger partial charge in [-0.25, -0.2) is 4.79 Å². The second kappa shape index (κ2) is 7.86. The van der Waals surface area contributed by atoms with Gasteiger partial charge in [0.25, 0.3) is 5.91 Å². The molecule has 0 aliphatic carbocycles. The lowest BCUT2D eigenvalue weighted by molar-refractivity contribution is 0.0989. The van der Waals surface area contributed by atoms with Gasteiger partial charge in [-0.1, -0.05) is 17.7 Å². The van der Waals surface area contributed by atoms with Crippen molar-refractivity contribution in [3.63, 3.8) is 0 Å². The minimum absolute atomic E-state index is 0.143. The number of nitrogens with two attached hydrogens (primary N) is 1. The predicted molar refractivity (Wildman–Crippen MR) is 98.2 cm³/mol. The van der Waals surface area contributed by atoms with Crippen molar-refractivity contribution in [1.29, 1.82) is 0 Å². The van der Waals surface area contributed by atoms with Crippen LogP contribution in [0.1, 0.15) is 28.9 Å². The number of aromatic nitrogens is 1. The lowest BCUT2D eigenvalue weighted by Gasteiger charge is -2.33. The number of anilines is 1. The molecule has 0 spiro atoms. The molecular weight excluding hydrogens is 332 g/mol. The Balaban J connectivity index is 1.60. The van der Waals surface area contributed by atoms with E-state index in [2.05, 4.69) is 10.3 Å². The highest BCUT2D eigenvalue weighted by molar-refractivity contribution is 5.91. The molecule has 1 aliphatic heterocycles. The van der Waals surface area contributed by atoms with Gasteiger partial charge in [0.2, 0.25) is 0 Å². The first-order valence-electron chi connectivity index (χ1n) is 8.56. The molecular formula is C19H22N4O3. The monoisotopic (exact) mass is 354 g/mol. The molecule has 1 atom stereocenters. The van der Waals surface area contributed by atoms with E-state index in [4.69, 9.17) is 10.5 Å². The molecule has 26 heavy (non-hydrogen) atoms. The summed E-state index contributed by atoms with van der Waals surface area (Å²) in [5.74, 6) is -0.0715. The molecule has 0 radical (unpaired) electrons. The number of carbonyl (C=O) groups excluding carboxylic acids is 2. The molecule has 1 aromatic carbocycles. The van der Waals surface area contributed by atoms with Gasteiger partial charge in [0.05, 0.1) is 6.54 Å². The van der Waals surface area contributed by atoms with E-state index in [1.165, 1.54) is 12.3 Å². The summed E-state index contributed by atoms with van der Waals surface area (Å²) in [5, 5.41) is 2.91. The number of benzene rings is 1.